The molecule has 0 amide bonds. The summed E-state index contributed by atoms with van der Waals surface area (Å²) in [5.41, 5.74) is 5.21. The Kier molecular flexibility index (Phi) is 3.05. The van der Waals surface area contributed by atoms with E-state index in [1.54, 1.807) is 11.6 Å². The Morgan fingerprint density at radius 3 is 2.95 bits per heavy atom. The van der Waals surface area contributed by atoms with Crippen molar-refractivity contribution in [3.63, 3.8) is 0 Å². The van der Waals surface area contributed by atoms with Gasteiger partial charge in [0.15, 0.2) is 15.8 Å². The van der Waals surface area contributed by atoms with Gasteiger partial charge in [-0.3, -0.25) is 4.40 Å². The van der Waals surface area contributed by atoms with E-state index in [2.05, 4.69) is 4.98 Å². The summed E-state index contributed by atoms with van der Waals surface area (Å²) in [5.74, 6) is 0.0409. The van der Waals surface area contributed by atoms with E-state index in [9.17, 15) is 8.42 Å². The Balaban J connectivity index is 2.16. The Hall–Kier alpha value is -1.16. The second-order valence-corrected chi connectivity index (χ2v) is 7.95. The first-order valence-corrected chi connectivity index (χ1v) is 8.47. The van der Waals surface area contributed by atoms with E-state index in [-0.39, 0.29) is 10.8 Å². The van der Waals surface area contributed by atoms with Crippen LogP contribution in [0.25, 0.3) is 4.96 Å². The normalized spacial score (nSPS) is 20.5. The third-order valence-corrected chi connectivity index (χ3v) is 6.26. The fourth-order valence-corrected chi connectivity index (χ4v) is 5.14. The Labute approximate surface area is 121 Å². The molecule has 0 unspecified atom stereocenters. The molecule has 2 aromatic heterocycles. The fraction of sp³-hybridized carbons (Fsp3) is 0.545. The highest BCUT2D eigenvalue weighted by Gasteiger charge is 2.42. The summed E-state index contributed by atoms with van der Waals surface area (Å²) in [6, 6.07) is 0. The lowest BCUT2D eigenvalue weighted by molar-refractivity contribution is -0.00781. The van der Waals surface area contributed by atoms with Crippen LogP contribution in [-0.2, 0) is 14.8 Å². The summed E-state index contributed by atoms with van der Waals surface area (Å²) in [4.78, 5) is 4.68. The molecule has 3 heterocycles. The molecule has 20 heavy (non-hydrogen) atoms. The van der Waals surface area contributed by atoms with Gasteiger partial charge in [0.25, 0.3) is 10.0 Å². The van der Waals surface area contributed by atoms with Crippen molar-refractivity contribution in [2.45, 2.75) is 24.4 Å². The van der Waals surface area contributed by atoms with Gasteiger partial charge in [-0.05, 0) is 13.8 Å². The van der Waals surface area contributed by atoms with Gasteiger partial charge >= 0.3 is 0 Å². The molecule has 0 aromatic carbocycles. The van der Waals surface area contributed by atoms with E-state index in [4.69, 9.17) is 10.5 Å². The number of hydrogen-bond donors (Lipinski definition) is 1. The van der Waals surface area contributed by atoms with Gasteiger partial charge in [0.2, 0.25) is 0 Å². The van der Waals surface area contributed by atoms with E-state index >= 15 is 0 Å². The largest absolute Gasteiger partial charge is 0.381 e. The van der Waals surface area contributed by atoms with E-state index in [0.717, 1.165) is 0 Å². The molecule has 110 valence electrons. The lowest BCUT2D eigenvalue weighted by Gasteiger charge is -2.40. The molecule has 1 fully saturated rings. The van der Waals surface area contributed by atoms with Crippen LogP contribution >= 0.6 is 11.3 Å². The van der Waals surface area contributed by atoms with Crippen LogP contribution in [0.1, 0.15) is 13.8 Å². The molecule has 2 aromatic rings. The highest BCUT2D eigenvalue weighted by molar-refractivity contribution is 7.89. The minimum atomic E-state index is -3.72. The molecule has 3 rings (SSSR count). The smallest absolute Gasteiger partial charge is 0.263 e. The fourth-order valence-electron chi connectivity index (χ4n) is 2.43. The number of nitrogens with zero attached hydrogens (tertiary/aromatic N) is 3. The minimum absolute atomic E-state index is 0.0409. The SMILES string of the molecule is CC1(C)COCCN1S(=O)(=O)c1c(N)nc2sccn12. The molecule has 1 aliphatic rings. The number of fused-ring (bicyclic) bond motifs is 1. The van der Waals surface area contributed by atoms with E-state index < -0.39 is 15.6 Å². The van der Waals surface area contributed by atoms with Crippen molar-refractivity contribution >= 4 is 32.1 Å². The zero-order chi connectivity index (χ0) is 14.5. The molecular weight excluding hydrogens is 300 g/mol. The summed E-state index contributed by atoms with van der Waals surface area (Å²) in [5, 5.41) is 1.83. The molecule has 1 saturated heterocycles. The maximum Gasteiger partial charge on any atom is 0.263 e. The number of rotatable bonds is 2. The number of nitrogen functional groups attached to an aromatic ring is 1. The number of aromatic nitrogens is 2. The molecular formula is C11H16N4O3S2. The van der Waals surface area contributed by atoms with Crippen LogP contribution in [0.3, 0.4) is 0 Å². The molecule has 0 atom stereocenters. The molecule has 0 spiro atoms. The monoisotopic (exact) mass is 316 g/mol. The number of ether oxygens (including phenoxy) is 1. The maximum atomic E-state index is 12.9. The number of sulfonamides is 1. The Bertz CT molecular complexity index is 747. The van der Waals surface area contributed by atoms with Gasteiger partial charge < -0.3 is 10.5 Å². The summed E-state index contributed by atoms with van der Waals surface area (Å²) in [6.45, 7) is 4.73. The van der Waals surface area contributed by atoms with Crippen molar-refractivity contribution in [2.75, 3.05) is 25.5 Å². The van der Waals surface area contributed by atoms with Gasteiger partial charge in [-0.15, -0.1) is 11.3 Å². The van der Waals surface area contributed by atoms with Crippen LogP contribution in [0.2, 0.25) is 0 Å². The number of anilines is 1. The first-order valence-electron chi connectivity index (χ1n) is 6.16. The zero-order valence-corrected chi connectivity index (χ0v) is 12.9. The Morgan fingerprint density at radius 2 is 2.25 bits per heavy atom. The van der Waals surface area contributed by atoms with Crippen molar-refractivity contribution in [3.05, 3.63) is 11.6 Å². The molecule has 0 radical (unpaired) electrons. The molecule has 1 aliphatic heterocycles. The second-order valence-electron chi connectivity index (χ2n) is 5.30. The molecule has 9 heteroatoms. The van der Waals surface area contributed by atoms with Crippen LogP contribution in [-0.4, -0.2) is 47.4 Å². The molecule has 0 saturated carbocycles. The summed E-state index contributed by atoms with van der Waals surface area (Å²) in [6.07, 6.45) is 1.67. The predicted octanol–water partition coefficient (Wildman–Crippen LogP) is 0.777. The number of nitrogens with two attached hydrogens (primary N) is 1. The topological polar surface area (TPSA) is 89.9 Å². The van der Waals surface area contributed by atoms with Gasteiger partial charge in [0.1, 0.15) is 0 Å². The van der Waals surface area contributed by atoms with Crippen LogP contribution in [0, 0.1) is 0 Å². The van der Waals surface area contributed by atoms with Gasteiger partial charge in [-0.2, -0.15) is 4.31 Å². The second kappa shape index (κ2) is 4.42. The highest BCUT2D eigenvalue weighted by Crippen LogP contribution is 2.31. The van der Waals surface area contributed by atoms with Gasteiger partial charge in [-0.25, -0.2) is 13.4 Å². The summed E-state index contributed by atoms with van der Waals surface area (Å²) >= 11 is 1.35. The standard InChI is InChI=1S/C11H16N4O3S2/c1-11(2)7-18-5-3-15(11)20(16,17)9-8(12)13-10-14(9)4-6-19-10/h4,6H,3,5,7,12H2,1-2H3. The number of imidazole rings is 1. The van der Waals surface area contributed by atoms with Crippen LogP contribution < -0.4 is 5.73 Å². The van der Waals surface area contributed by atoms with Crippen molar-refractivity contribution in [1.82, 2.24) is 13.7 Å². The predicted molar refractivity (Wildman–Crippen MR) is 76.3 cm³/mol. The van der Waals surface area contributed by atoms with E-state index in [1.807, 2.05) is 13.8 Å². The lowest BCUT2D eigenvalue weighted by atomic mass is 10.1. The Morgan fingerprint density at radius 1 is 1.50 bits per heavy atom. The zero-order valence-electron chi connectivity index (χ0n) is 11.2. The first-order chi connectivity index (χ1) is 9.34. The average molecular weight is 316 g/mol. The molecule has 7 nitrogen and oxygen atoms in total. The first kappa shape index (κ1) is 13.8. The number of morpholine rings is 1. The van der Waals surface area contributed by atoms with Gasteiger partial charge in [0, 0.05) is 18.1 Å². The van der Waals surface area contributed by atoms with Crippen molar-refractivity contribution in [2.24, 2.45) is 0 Å². The quantitative estimate of drug-likeness (QED) is 0.884. The lowest BCUT2D eigenvalue weighted by Crippen LogP contribution is -2.55. The highest BCUT2D eigenvalue weighted by atomic mass is 32.2. The van der Waals surface area contributed by atoms with Crippen LogP contribution in [0.5, 0.6) is 0 Å². The third-order valence-electron chi connectivity index (χ3n) is 3.35. The van der Waals surface area contributed by atoms with Gasteiger partial charge in [0.05, 0.1) is 18.8 Å². The van der Waals surface area contributed by atoms with Gasteiger partial charge in [-0.1, -0.05) is 0 Å². The van der Waals surface area contributed by atoms with Crippen LogP contribution in [0.15, 0.2) is 16.6 Å². The third kappa shape index (κ3) is 1.93. The number of hydrogen-bond acceptors (Lipinski definition) is 6. The van der Waals surface area contributed by atoms with Crippen molar-refractivity contribution in [1.29, 1.82) is 0 Å². The number of thiazole rings is 1. The minimum Gasteiger partial charge on any atom is -0.381 e. The summed E-state index contributed by atoms with van der Waals surface area (Å²) in [7, 11) is -3.72. The average Bonchev–Trinajstić information content (AvgIpc) is 2.86. The molecule has 2 N–H and O–H groups in total. The van der Waals surface area contributed by atoms with E-state index in [1.165, 1.54) is 20.0 Å². The molecule has 0 bridgehead atoms. The molecule has 0 aliphatic carbocycles. The van der Waals surface area contributed by atoms with Crippen molar-refractivity contribution < 1.29 is 13.2 Å². The summed E-state index contributed by atoms with van der Waals surface area (Å²) < 4.78 is 34.2. The van der Waals surface area contributed by atoms with Crippen molar-refractivity contribution in [3.8, 4) is 0 Å². The van der Waals surface area contributed by atoms with E-state index in [0.29, 0.717) is 24.7 Å². The van der Waals surface area contributed by atoms with Crippen LogP contribution in [0.4, 0.5) is 5.82 Å². The maximum absolute atomic E-state index is 12.9.